The van der Waals surface area contributed by atoms with Crippen molar-refractivity contribution in [3.63, 3.8) is 0 Å². The Morgan fingerprint density at radius 2 is 1.86 bits per heavy atom. The predicted molar refractivity (Wildman–Crippen MR) is 78.1 cm³/mol. The van der Waals surface area contributed by atoms with Crippen molar-refractivity contribution in [1.82, 2.24) is 0 Å². The fourth-order valence-corrected chi connectivity index (χ4v) is 3.69. The summed E-state index contributed by atoms with van der Waals surface area (Å²) >= 11 is 0. The number of aliphatic hydroxyl groups excluding tert-OH is 1. The number of ether oxygens (including phenoxy) is 2. The van der Waals surface area contributed by atoms with Crippen molar-refractivity contribution in [2.24, 2.45) is 11.8 Å². The molecule has 0 saturated carbocycles. The number of unbranched alkanes of at least 4 members (excludes halogenated alkanes) is 2. The molecular formula is C16H28O5. The highest BCUT2D eigenvalue weighted by molar-refractivity contribution is 5.66. The van der Waals surface area contributed by atoms with Crippen LogP contribution < -0.4 is 0 Å². The second-order valence-electron chi connectivity index (χ2n) is 6.26. The summed E-state index contributed by atoms with van der Waals surface area (Å²) in [5.41, 5.74) is 0. The molecule has 0 amide bonds. The topological polar surface area (TPSA) is 76.0 Å². The van der Waals surface area contributed by atoms with Crippen molar-refractivity contribution in [2.45, 2.75) is 63.6 Å². The molecule has 122 valence electrons. The van der Waals surface area contributed by atoms with Gasteiger partial charge in [0.15, 0.2) is 0 Å². The predicted octanol–water partition coefficient (Wildman–Crippen LogP) is 2.21. The molecule has 2 aliphatic rings. The van der Waals surface area contributed by atoms with Crippen molar-refractivity contribution in [2.75, 3.05) is 19.8 Å². The summed E-state index contributed by atoms with van der Waals surface area (Å²) in [5, 5.41) is 17.5. The van der Waals surface area contributed by atoms with Gasteiger partial charge in [-0.15, -0.1) is 0 Å². The average molecular weight is 300 g/mol. The lowest BCUT2D eigenvalue weighted by atomic mass is 9.77. The first-order valence-corrected chi connectivity index (χ1v) is 8.28. The summed E-state index contributed by atoms with van der Waals surface area (Å²) in [4.78, 5) is 10.4. The molecule has 0 unspecified atom stereocenters. The SMILES string of the molecule is O=C(O)CCCCOC[C@H]1[C@@H](CCCCO)[C@H]2CC[C@@H]1O2. The Morgan fingerprint density at radius 3 is 2.57 bits per heavy atom. The fraction of sp³-hybridized carbons (Fsp3) is 0.938. The normalized spacial score (nSPS) is 30.9. The number of fused-ring (bicyclic) bond motifs is 2. The van der Waals surface area contributed by atoms with Crippen LogP contribution in [0.2, 0.25) is 0 Å². The van der Waals surface area contributed by atoms with Gasteiger partial charge in [-0.3, -0.25) is 4.79 Å². The molecule has 2 N–H and O–H groups in total. The van der Waals surface area contributed by atoms with Gasteiger partial charge in [0.05, 0.1) is 18.8 Å². The van der Waals surface area contributed by atoms with Crippen LogP contribution >= 0.6 is 0 Å². The van der Waals surface area contributed by atoms with Gasteiger partial charge in [-0.25, -0.2) is 0 Å². The third kappa shape index (κ3) is 4.94. The van der Waals surface area contributed by atoms with E-state index in [1.807, 2.05) is 0 Å². The van der Waals surface area contributed by atoms with Gasteiger partial charge in [-0.1, -0.05) is 6.42 Å². The first-order valence-electron chi connectivity index (χ1n) is 8.28. The number of aliphatic hydroxyl groups is 1. The largest absolute Gasteiger partial charge is 0.481 e. The Labute approximate surface area is 126 Å². The van der Waals surface area contributed by atoms with E-state index in [1.54, 1.807) is 0 Å². The van der Waals surface area contributed by atoms with E-state index in [2.05, 4.69) is 0 Å². The number of hydrogen-bond acceptors (Lipinski definition) is 4. The summed E-state index contributed by atoms with van der Waals surface area (Å²) in [7, 11) is 0. The molecule has 2 bridgehead atoms. The standard InChI is InChI=1S/C16H28O5/c17-9-3-1-5-12-13(15-8-7-14(12)21-15)11-20-10-4-2-6-16(18)19/h12-15,17H,1-11H2,(H,18,19)/t12-,13+,14-,15+/m1/s1. The van der Waals surface area contributed by atoms with Crippen LogP contribution in [0.25, 0.3) is 0 Å². The zero-order valence-electron chi connectivity index (χ0n) is 12.7. The molecule has 21 heavy (non-hydrogen) atoms. The monoisotopic (exact) mass is 300 g/mol. The Bertz CT molecular complexity index is 320. The maximum Gasteiger partial charge on any atom is 0.303 e. The minimum absolute atomic E-state index is 0.227. The molecule has 0 radical (unpaired) electrons. The second-order valence-corrected chi connectivity index (χ2v) is 6.26. The Hall–Kier alpha value is -0.650. The lowest BCUT2D eigenvalue weighted by molar-refractivity contribution is -0.137. The van der Waals surface area contributed by atoms with Crippen molar-refractivity contribution in [3.05, 3.63) is 0 Å². The zero-order chi connectivity index (χ0) is 15.1. The lowest BCUT2D eigenvalue weighted by Crippen LogP contribution is -2.31. The molecule has 0 aromatic carbocycles. The number of hydrogen-bond donors (Lipinski definition) is 2. The minimum Gasteiger partial charge on any atom is -0.481 e. The van der Waals surface area contributed by atoms with Crippen LogP contribution in [0.15, 0.2) is 0 Å². The Balaban J connectivity index is 1.64. The molecule has 2 heterocycles. The van der Waals surface area contributed by atoms with Gasteiger partial charge in [-0.05, 0) is 44.4 Å². The Kier molecular flexibility index (Phi) is 6.93. The second kappa shape index (κ2) is 8.71. The van der Waals surface area contributed by atoms with Crippen LogP contribution in [0, 0.1) is 11.8 Å². The first kappa shape index (κ1) is 16.7. The molecule has 4 atom stereocenters. The maximum absolute atomic E-state index is 10.4. The number of carboxylic acids is 1. The van der Waals surface area contributed by atoms with Crippen molar-refractivity contribution in [3.8, 4) is 0 Å². The maximum atomic E-state index is 10.4. The molecule has 0 aliphatic carbocycles. The third-order valence-corrected chi connectivity index (χ3v) is 4.78. The molecule has 0 aromatic rings. The van der Waals surface area contributed by atoms with Gasteiger partial charge in [0.25, 0.3) is 0 Å². The molecule has 5 nitrogen and oxygen atoms in total. The molecule has 0 aromatic heterocycles. The highest BCUT2D eigenvalue weighted by Gasteiger charge is 2.48. The number of carboxylic acid groups (broad SMARTS) is 1. The van der Waals surface area contributed by atoms with Crippen LogP contribution in [0.3, 0.4) is 0 Å². The van der Waals surface area contributed by atoms with Crippen LogP contribution in [0.5, 0.6) is 0 Å². The van der Waals surface area contributed by atoms with E-state index >= 15 is 0 Å². The lowest BCUT2D eigenvalue weighted by Gasteiger charge is -2.27. The number of carbonyl (C=O) groups is 1. The van der Waals surface area contributed by atoms with E-state index in [9.17, 15) is 4.79 Å². The highest BCUT2D eigenvalue weighted by atomic mass is 16.5. The van der Waals surface area contributed by atoms with Crippen molar-refractivity contribution < 1.29 is 24.5 Å². The summed E-state index contributed by atoms with van der Waals surface area (Å²) in [6.45, 7) is 1.65. The van der Waals surface area contributed by atoms with Gasteiger partial charge in [0, 0.05) is 25.6 Å². The van der Waals surface area contributed by atoms with E-state index in [0.717, 1.165) is 38.7 Å². The van der Waals surface area contributed by atoms with Crippen LogP contribution in [0.4, 0.5) is 0 Å². The van der Waals surface area contributed by atoms with Gasteiger partial charge >= 0.3 is 5.97 Å². The Morgan fingerprint density at radius 1 is 1.10 bits per heavy atom. The van der Waals surface area contributed by atoms with Gasteiger partial charge in [0.1, 0.15) is 0 Å². The molecule has 0 spiro atoms. The molecular weight excluding hydrogens is 272 g/mol. The number of rotatable bonds is 11. The molecule has 2 aliphatic heterocycles. The van der Waals surface area contributed by atoms with Crippen LogP contribution in [-0.4, -0.2) is 48.2 Å². The summed E-state index contributed by atoms with van der Waals surface area (Å²) in [6, 6.07) is 0. The molecule has 2 fully saturated rings. The highest BCUT2D eigenvalue weighted by Crippen LogP contribution is 2.45. The van der Waals surface area contributed by atoms with Crippen LogP contribution in [0.1, 0.15) is 51.4 Å². The van der Waals surface area contributed by atoms with Gasteiger partial charge in [-0.2, -0.15) is 0 Å². The molecule has 5 heteroatoms. The van der Waals surface area contributed by atoms with Crippen molar-refractivity contribution >= 4 is 5.97 Å². The quantitative estimate of drug-likeness (QED) is 0.572. The van der Waals surface area contributed by atoms with Gasteiger partial charge in [0.2, 0.25) is 0 Å². The van der Waals surface area contributed by atoms with Crippen LogP contribution in [-0.2, 0) is 14.3 Å². The summed E-state index contributed by atoms with van der Waals surface area (Å²) in [6.07, 6.45) is 7.84. The first-order chi connectivity index (χ1) is 10.2. The minimum atomic E-state index is -0.736. The summed E-state index contributed by atoms with van der Waals surface area (Å²) < 4.78 is 11.8. The zero-order valence-corrected chi connectivity index (χ0v) is 12.7. The smallest absolute Gasteiger partial charge is 0.303 e. The van der Waals surface area contributed by atoms with E-state index in [4.69, 9.17) is 19.7 Å². The number of aliphatic carboxylic acids is 1. The molecule has 2 rings (SSSR count). The molecule has 2 saturated heterocycles. The fourth-order valence-electron chi connectivity index (χ4n) is 3.69. The van der Waals surface area contributed by atoms with E-state index in [-0.39, 0.29) is 13.0 Å². The van der Waals surface area contributed by atoms with Gasteiger partial charge < -0.3 is 19.7 Å². The third-order valence-electron chi connectivity index (χ3n) is 4.78. The average Bonchev–Trinajstić information content (AvgIpc) is 3.04. The van der Waals surface area contributed by atoms with E-state index in [0.29, 0.717) is 37.1 Å². The van der Waals surface area contributed by atoms with Crippen molar-refractivity contribution in [1.29, 1.82) is 0 Å². The summed E-state index contributed by atoms with van der Waals surface area (Å²) in [5.74, 6) is 0.330. The van der Waals surface area contributed by atoms with E-state index in [1.165, 1.54) is 6.42 Å². The van der Waals surface area contributed by atoms with E-state index < -0.39 is 5.97 Å².